The van der Waals surface area contributed by atoms with E-state index in [4.69, 9.17) is 0 Å². The van der Waals surface area contributed by atoms with Crippen LogP contribution in [0.15, 0.2) is 29.6 Å². The summed E-state index contributed by atoms with van der Waals surface area (Å²) in [4.78, 5) is 29.9. The number of rotatable bonds is 4. The lowest BCUT2D eigenvalue weighted by molar-refractivity contribution is -0.119. The summed E-state index contributed by atoms with van der Waals surface area (Å²) in [6.07, 6.45) is 1.82. The van der Waals surface area contributed by atoms with E-state index in [-0.39, 0.29) is 23.3 Å². The molecule has 0 aliphatic carbocycles. The van der Waals surface area contributed by atoms with Gasteiger partial charge in [-0.05, 0) is 25.0 Å². The van der Waals surface area contributed by atoms with Gasteiger partial charge in [0.15, 0.2) is 0 Å². The molecule has 0 unspecified atom stereocenters. The van der Waals surface area contributed by atoms with Crippen molar-refractivity contribution in [2.75, 3.05) is 13.1 Å². The average Bonchev–Trinajstić information content (AvgIpc) is 3.09. The van der Waals surface area contributed by atoms with Gasteiger partial charge < -0.3 is 10.2 Å². The van der Waals surface area contributed by atoms with Gasteiger partial charge in [-0.15, -0.1) is 11.3 Å². The lowest BCUT2D eigenvalue weighted by atomic mass is 9.98. The number of halogens is 1. The van der Waals surface area contributed by atoms with Crippen LogP contribution in [0, 0.1) is 5.82 Å². The number of likely N-dealkylation sites (tertiary alicyclic amines) is 1. The second-order valence-corrected chi connectivity index (χ2v) is 7.05. The number of piperidine rings is 1. The van der Waals surface area contributed by atoms with Gasteiger partial charge in [0, 0.05) is 31.3 Å². The first-order valence-electron chi connectivity index (χ1n) is 8.27. The Morgan fingerprint density at radius 1 is 1.40 bits per heavy atom. The molecular formula is C18H20FN3O2S. The lowest BCUT2D eigenvalue weighted by Crippen LogP contribution is -2.39. The van der Waals surface area contributed by atoms with Crippen molar-refractivity contribution in [2.24, 2.45) is 0 Å². The molecule has 0 saturated carbocycles. The fourth-order valence-electron chi connectivity index (χ4n) is 2.97. The van der Waals surface area contributed by atoms with Crippen LogP contribution in [0.3, 0.4) is 0 Å². The van der Waals surface area contributed by atoms with E-state index in [0.717, 1.165) is 23.5 Å². The van der Waals surface area contributed by atoms with Crippen molar-refractivity contribution in [1.29, 1.82) is 0 Å². The minimum atomic E-state index is -0.485. The Morgan fingerprint density at radius 3 is 2.96 bits per heavy atom. The van der Waals surface area contributed by atoms with Crippen LogP contribution in [0.25, 0.3) is 0 Å². The van der Waals surface area contributed by atoms with Gasteiger partial charge >= 0.3 is 0 Å². The number of hydrogen-bond donors (Lipinski definition) is 1. The second kappa shape index (κ2) is 7.74. The fraction of sp³-hybridized carbons (Fsp3) is 0.389. The molecule has 132 valence electrons. The summed E-state index contributed by atoms with van der Waals surface area (Å²) in [6.45, 7) is 3.06. The highest BCUT2D eigenvalue weighted by atomic mass is 32.1. The number of benzene rings is 1. The minimum absolute atomic E-state index is 0.0890. The Kier molecular flexibility index (Phi) is 5.43. The first-order valence-corrected chi connectivity index (χ1v) is 9.15. The Hall–Kier alpha value is -2.28. The number of nitrogens with zero attached hydrogens (tertiary/aromatic N) is 2. The molecule has 2 amide bonds. The third-order valence-electron chi connectivity index (χ3n) is 4.25. The Balaban J connectivity index is 1.68. The highest BCUT2D eigenvalue weighted by Crippen LogP contribution is 2.30. The maximum absolute atomic E-state index is 13.9. The number of hydrogen-bond acceptors (Lipinski definition) is 4. The second-order valence-electron chi connectivity index (χ2n) is 6.16. The highest BCUT2D eigenvalue weighted by Gasteiger charge is 2.28. The predicted octanol–water partition coefficient (Wildman–Crippen LogP) is 2.94. The summed E-state index contributed by atoms with van der Waals surface area (Å²) in [5.41, 5.74) is 0.946. The van der Waals surface area contributed by atoms with Crippen LogP contribution < -0.4 is 5.32 Å². The molecule has 25 heavy (non-hydrogen) atoms. The van der Waals surface area contributed by atoms with Crippen molar-refractivity contribution in [2.45, 2.75) is 32.2 Å². The van der Waals surface area contributed by atoms with Gasteiger partial charge in [-0.25, -0.2) is 9.37 Å². The van der Waals surface area contributed by atoms with E-state index < -0.39 is 5.82 Å². The molecule has 1 fully saturated rings. The molecule has 1 aromatic heterocycles. The number of carbonyl (C=O) groups is 2. The standard InChI is InChI=1S/C18H20FN3O2S/c1-12(23)20-9-14-11-25-17(21-14)13-5-4-8-22(10-13)18(24)15-6-2-3-7-16(15)19/h2-3,6-7,11,13H,4-5,8-10H2,1H3,(H,20,23)/t13-/m0/s1. The maximum atomic E-state index is 13.9. The summed E-state index contributed by atoms with van der Waals surface area (Å²) in [6, 6.07) is 6.09. The van der Waals surface area contributed by atoms with Crippen molar-refractivity contribution in [3.63, 3.8) is 0 Å². The van der Waals surface area contributed by atoms with E-state index in [9.17, 15) is 14.0 Å². The summed E-state index contributed by atoms with van der Waals surface area (Å²) in [5, 5.41) is 5.63. The summed E-state index contributed by atoms with van der Waals surface area (Å²) >= 11 is 1.55. The molecule has 1 aliphatic rings. The van der Waals surface area contributed by atoms with Gasteiger partial charge in [0.1, 0.15) is 5.82 Å². The maximum Gasteiger partial charge on any atom is 0.256 e. The molecule has 7 heteroatoms. The van der Waals surface area contributed by atoms with E-state index in [0.29, 0.717) is 19.6 Å². The van der Waals surface area contributed by atoms with Crippen molar-refractivity contribution in [3.8, 4) is 0 Å². The van der Waals surface area contributed by atoms with Crippen LogP contribution >= 0.6 is 11.3 Å². The third kappa shape index (κ3) is 4.22. The molecule has 1 N–H and O–H groups in total. The molecule has 0 spiro atoms. The molecule has 5 nitrogen and oxygen atoms in total. The van der Waals surface area contributed by atoms with Gasteiger partial charge in [-0.3, -0.25) is 9.59 Å². The Morgan fingerprint density at radius 2 is 2.20 bits per heavy atom. The average molecular weight is 361 g/mol. The molecule has 0 radical (unpaired) electrons. The number of carbonyl (C=O) groups excluding carboxylic acids is 2. The van der Waals surface area contributed by atoms with E-state index in [1.54, 1.807) is 28.4 Å². The van der Waals surface area contributed by atoms with Gasteiger partial charge in [-0.2, -0.15) is 0 Å². The zero-order valence-corrected chi connectivity index (χ0v) is 14.8. The Labute approximate surface area is 149 Å². The molecule has 1 atom stereocenters. The van der Waals surface area contributed by atoms with E-state index >= 15 is 0 Å². The number of nitrogens with one attached hydrogen (secondary N) is 1. The summed E-state index contributed by atoms with van der Waals surface area (Å²) in [5.74, 6) is -0.686. The van der Waals surface area contributed by atoms with Crippen LogP contribution in [0.1, 0.15) is 46.7 Å². The van der Waals surface area contributed by atoms with Gasteiger partial charge in [0.25, 0.3) is 5.91 Å². The molecule has 2 heterocycles. The summed E-state index contributed by atoms with van der Waals surface area (Å²) < 4.78 is 13.9. The summed E-state index contributed by atoms with van der Waals surface area (Å²) in [7, 11) is 0. The van der Waals surface area contributed by atoms with Crippen LogP contribution in [0.2, 0.25) is 0 Å². The van der Waals surface area contributed by atoms with E-state index in [2.05, 4.69) is 10.3 Å². The first-order chi connectivity index (χ1) is 12.0. The van der Waals surface area contributed by atoms with Crippen LogP contribution in [0.4, 0.5) is 4.39 Å². The molecule has 1 saturated heterocycles. The molecule has 1 aliphatic heterocycles. The SMILES string of the molecule is CC(=O)NCc1csc([C@H]2CCCN(C(=O)c3ccccc3F)C2)n1. The van der Waals surface area contributed by atoms with E-state index in [1.807, 2.05) is 5.38 Å². The smallest absolute Gasteiger partial charge is 0.256 e. The topological polar surface area (TPSA) is 62.3 Å². The van der Waals surface area contributed by atoms with Crippen molar-refractivity contribution in [3.05, 3.63) is 51.7 Å². The van der Waals surface area contributed by atoms with Crippen LogP contribution in [-0.2, 0) is 11.3 Å². The predicted molar refractivity (Wildman–Crippen MR) is 93.9 cm³/mol. The van der Waals surface area contributed by atoms with Gasteiger partial charge in [0.2, 0.25) is 5.91 Å². The third-order valence-corrected chi connectivity index (χ3v) is 5.31. The zero-order valence-electron chi connectivity index (χ0n) is 14.0. The van der Waals surface area contributed by atoms with Crippen molar-refractivity contribution >= 4 is 23.2 Å². The monoisotopic (exact) mass is 361 g/mol. The largest absolute Gasteiger partial charge is 0.351 e. The normalized spacial score (nSPS) is 17.4. The highest BCUT2D eigenvalue weighted by molar-refractivity contribution is 7.09. The first kappa shape index (κ1) is 17.5. The molecule has 3 rings (SSSR count). The van der Waals surface area contributed by atoms with Crippen molar-refractivity contribution < 1.29 is 14.0 Å². The molecule has 0 bridgehead atoms. The minimum Gasteiger partial charge on any atom is -0.351 e. The van der Waals surface area contributed by atoms with E-state index in [1.165, 1.54) is 19.1 Å². The van der Waals surface area contributed by atoms with Crippen molar-refractivity contribution in [1.82, 2.24) is 15.2 Å². The molecular weight excluding hydrogens is 341 g/mol. The molecule has 1 aromatic carbocycles. The Bertz CT molecular complexity index is 777. The quantitative estimate of drug-likeness (QED) is 0.911. The van der Waals surface area contributed by atoms with Gasteiger partial charge in [0.05, 0.1) is 22.8 Å². The number of aromatic nitrogens is 1. The van der Waals surface area contributed by atoms with Crippen LogP contribution in [0.5, 0.6) is 0 Å². The molecule has 2 aromatic rings. The number of amides is 2. The lowest BCUT2D eigenvalue weighted by Gasteiger charge is -2.32. The zero-order chi connectivity index (χ0) is 17.8. The number of thiazole rings is 1. The van der Waals surface area contributed by atoms with Gasteiger partial charge in [-0.1, -0.05) is 12.1 Å². The fourth-order valence-corrected chi connectivity index (χ4v) is 3.92. The van der Waals surface area contributed by atoms with Crippen LogP contribution in [-0.4, -0.2) is 34.8 Å².